The van der Waals surface area contributed by atoms with E-state index in [0.717, 1.165) is 5.56 Å². The van der Waals surface area contributed by atoms with Crippen LogP contribution in [0.5, 0.6) is 17.2 Å². The van der Waals surface area contributed by atoms with E-state index < -0.39 is 5.43 Å². The van der Waals surface area contributed by atoms with Crippen LogP contribution in [0, 0.1) is 0 Å². The quantitative estimate of drug-likeness (QED) is 0.913. The van der Waals surface area contributed by atoms with Crippen LogP contribution in [0.2, 0.25) is 0 Å². The molecule has 0 saturated heterocycles. The molecular weight excluding hydrogens is 310 g/mol. The first kappa shape index (κ1) is 17.3. The molecule has 0 heterocycles. The van der Waals surface area contributed by atoms with Crippen molar-refractivity contribution in [3.05, 3.63) is 46.6 Å². The van der Waals surface area contributed by atoms with E-state index in [1.165, 1.54) is 28.3 Å². The molecule has 1 amide bonds. The molecule has 0 spiro atoms. The van der Waals surface area contributed by atoms with Crippen LogP contribution in [-0.2, 0) is 4.79 Å². The zero-order valence-electron chi connectivity index (χ0n) is 14.0. The minimum Gasteiger partial charge on any atom is -0.493 e. The second kappa shape index (κ2) is 7.50. The number of methoxy groups -OCH3 is 3. The first-order chi connectivity index (χ1) is 11.5. The van der Waals surface area contributed by atoms with Crippen molar-refractivity contribution in [3.63, 3.8) is 0 Å². The Kier molecular flexibility index (Phi) is 5.42. The average Bonchev–Trinajstić information content (AvgIpc) is 2.69. The van der Waals surface area contributed by atoms with Gasteiger partial charge in [-0.2, -0.15) is 0 Å². The number of hydrogen-bond donors (Lipinski definition) is 1. The van der Waals surface area contributed by atoms with E-state index in [2.05, 4.69) is 5.32 Å². The lowest BCUT2D eigenvalue weighted by molar-refractivity contribution is -0.114. The summed E-state index contributed by atoms with van der Waals surface area (Å²) in [7, 11) is 4.28. The summed E-state index contributed by atoms with van der Waals surface area (Å²) in [5.41, 5.74) is 1.49. The number of rotatable bonds is 5. The number of benzene rings is 1. The van der Waals surface area contributed by atoms with Crippen molar-refractivity contribution in [2.45, 2.75) is 6.92 Å². The first-order valence-electron chi connectivity index (χ1n) is 7.23. The Labute approximate surface area is 140 Å². The largest absolute Gasteiger partial charge is 0.493 e. The molecule has 2 aromatic rings. The maximum absolute atomic E-state index is 12.7. The van der Waals surface area contributed by atoms with Crippen LogP contribution in [0.1, 0.15) is 6.92 Å². The summed E-state index contributed by atoms with van der Waals surface area (Å²) < 4.78 is 15.7. The third-order valence-corrected chi connectivity index (χ3v) is 3.40. The third-order valence-electron chi connectivity index (χ3n) is 3.40. The number of carbonyl (C=O) groups excluding carboxylic acids is 1. The van der Waals surface area contributed by atoms with Gasteiger partial charge in [0.25, 0.3) is 5.43 Å². The molecule has 0 aliphatic carbocycles. The maximum atomic E-state index is 12.7. The summed E-state index contributed by atoms with van der Waals surface area (Å²) in [4.78, 5) is 23.9. The summed E-state index contributed by atoms with van der Waals surface area (Å²) in [5.74, 6) is 0.337. The normalized spacial score (nSPS) is 10.0. The molecule has 2 rings (SSSR count). The molecule has 6 heteroatoms. The summed E-state index contributed by atoms with van der Waals surface area (Å²) in [6.45, 7) is 1.43. The van der Waals surface area contributed by atoms with E-state index in [0.29, 0.717) is 17.0 Å². The fourth-order valence-electron chi connectivity index (χ4n) is 2.40. The zero-order chi connectivity index (χ0) is 17.7. The summed E-state index contributed by atoms with van der Waals surface area (Å²) in [5, 5.41) is 2.71. The number of nitrogens with one attached hydrogen (secondary N) is 1. The predicted molar refractivity (Wildman–Crippen MR) is 92.1 cm³/mol. The van der Waals surface area contributed by atoms with Gasteiger partial charge in [-0.15, -0.1) is 0 Å². The Balaban J connectivity index is 2.71. The molecular formula is C18H19NO5. The van der Waals surface area contributed by atoms with E-state index >= 15 is 0 Å². The Morgan fingerprint density at radius 3 is 2.25 bits per heavy atom. The van der Waals surface area contributed by atoms with Crippen LogP contribution in [-0.4, -0.2) is 27.2 Å². The smallest absolute Gasteiger partial charge is 0.266 e. The van der Waals surface area contributed by atoms with Crippen LogP contribution in [0.15, 0.2) is 41.2 Å². The number of anilines is 1. The molecule has 0 aliphatic heterocycles. The highest BCUT2D eigenvalue weighted by atomic mass is 16.5. The van der Waals surface area contributed by atoms with Gasteiger partial charge in [0.05, 0.1) is 21.3 Å². The molecule has 0 saturated carbocycles. The predicted octanol–water partition coefficient (Wildman–Crippen LogP) is 2.70. The highest BCUT2D eigenvalue weighted by molar-refractivity contribution is 5.89. The van der Waals surface area contributed by atoms with E-state index in [4.69, 9.17) is 14.2 Å². The topological polar surface area (TPSA) is 73.9 Å². The molecule has 0 aromatic heterocycles. The summed E-state index contributed by atoms with van der Waals surface area (Å²) >= 11 is 0. The van der Waals surface area contributed by atoms with Gasteiger partial charge in [-0.25, -0.2) is 0 Å². The van der Waals surface area contributed by atoms with Gasteiger partial charge in [-0.05, 0) is 29.8 Å². The van der Waals surface area contributed by atoms with Gasteiger partial charge >= 0.3 is 0 Å². The maximum Gasteiger partial charge on any atom is 0.266 e. The van der Waals surface area contributed by atoms with Crippen molar-refractivity contribution in [2.24, 2.45) is 0 Å². The second-order valence-corrected chi connectivity index (χ2v) is 4.97. The van der Waals surface area contributed by atoms with Crippen molar-refractivity contribution in [1.29, 1.82) is 0 Å². The van der Waals surface area contributed by atoms with Crippen LogP contribution in [0.3, 0.4) is 0 Å². The van der Waals surface area contributed by atoms with Gasteiger partial charge in [0.15, 0.2) is 11.5 Å². The van der Waals surface area contributed by atoms with Gasteiger partial charge in [-0.1, -0.05) is 12.1 Å². The van der Waals surface area contributed by atoms with E-state index in [1.54, 1.807) is 30.3 Å². The fourth-order valence-corrected chi connectivity index (χ4v) is 2.40. The van der Waals surface area contributed by atoms with Gasteiger partial charge < -0.3 is 19.5 Å². The molecule has 0 atom stereocenters. The highest BCUT2D eigenvalue weighted by Crippen LogP contribution is 2.33. The third kappa shape index (κ3) is 3.48. The van der Waals surface area contributed by atoms with Crippen LogP contribution in [0.25, 0.3) is 11.1 Å². The summed E-state index contributed by atoms with van der Waals surface area (Å²) in [6.07, 6.45) is 0. The molecule has 0 aliphatic rings. The van der Waals surface area contributed by atoms with Gasteiger partial charge in [-0.3, -0.25) is 9.59 Å². The molecule has 6 nitrogen and oxygen atoms in total. The van der Waals surface area contributed by atoms with Crippen LogP contribution >= 0.6 is 0 Å². The second-order valence-electron chi connectivity index (χ2n) is 4.97. The Morgan fingerprint density at radius 1 is 0.958 bits per heavy atom. The lowest BCUT2D eigenvalue weighted by Crippen LogP contribution is -2.08. The van der Waals surface area contributed by atoms with E-state index in [-0.39, 0.29) is 17.4 Å². The van der Waals surface area contributed by atoms with Gasteiger partial charge in [0.2, 0.25) is 11.7 Å². The minimum atomic E-state index is -0.415. The molecule has 126 valence electrons. The average molecular weight is 329 g/mol. The van der Waals surface area contributed by atoms with Gasteiger partial charge in [0.1, 0.15) is 0 Å². The van der Waals surface area contributed by atoms with Crippen molar-refractivity contribution in [1.82, 2.24) is 0 Å². The lowest BCUT2D eigenvalue weighted by atomic mass is 10.1. The van der Waals surface area contributed by atoms with Crippen LogP contribution < -0.4 is 25.0 Å². The van der Waals surface area contributed by atoms with Crippen LogP contribution in [0.4, 0.5) is 5.69 Å². The molecule has 0 unspecified atom stereocenters. The van der Waals surface area contributed by atoms with Gasteiger partial charge in [0, 0.05) is 18.2 Å². The summed E-state index contributed by atoms with van der Waals surface area (Å²) in [6, 6.07) is 10.5. The molecule has 1 N–H and O–H groups in total. The molecule has 0 radical (unpaired) electrons. The Bertz CT molecular complexity index is 817. The highest BCUT2D eigenvalue weighted by Gasteiger charge is 2.16. The molecule has 0 bridgehead atoms. The van der Waals surface area contributed by atoms with Crippen molar-refractivity contribution in [3.8, 4) is 28.4 Å². The van der Waals surface area contributed by atoms with E-state index in [9.17, 15) is 9.59 Å². The Morgan fingerprint density at radius 2 is 1.67 bits per heavy atom. The number of hydrogen-bond acceptors (Lipinski definition) is 5. The zero-order valence-corrected chi connectivity index (χ0v) is 14.0. The van der Waals surface area contributed by atoms with E-state index in [1.807, 2.05) is 6.07 Å². The fraction of sp³-hybridized carbons (Fsp3) is 0.222. The monoisotopic (exact) mass is 329 g/mol. The molecule has 0 fully saturated rings. The van der Waals surface area contributed by atoms with Crippen molar-refractivity contribution >= 4 is 11.6 Å². The number of amides is 1. The first-order valence-corrected chi connectivity index (χ1v) is 7.23. The lowest BCUT2D eigenvalue weighted by Gasteiger charge is -2.08. The standard InChI is InChI=1S/C18H19NO5/c1-11(20)19-13-7-5-6-12(10-13)14-8-9-15(22-2)18(24-4)16(21)17(14)23-3/h5-10H,1-4H3,(H,19,20). The minimum absolute atomic E-state index is 0.0682. The molecule has 24 heavy (non-hydrogen) atoms. The molecule has 2 aromatic carbocycles. The number of carbonyl (C=O) groups is 1. The van der Waals surface area contributed by atoms with Crippen molar-refractivity contribution < 1.29 is 19.0 Å². The SMILES string of the molecule is COc1ccc(-c2cccc(NC(C)=O)c2)c(OC)c(=O)c1OC. The number of ether oxygens (including phenoxy) is 3. The van der Waals surface area contributed by atoms with Crippen molar-refractivity contribution in [2.75, 3.05) is 26.6 Å². The Hall–Kier alpha value is -3.02.